The van der Waals surface area contributed by atoms with E-state index in [1.54, 1.807) is 0 Å². The Morgan fingerprint density at radius 2 is 1.83 bits per heavy atom. The van der Waals surface area contributed by atoms with Crippen molar-refractivity contribution in [2.75, 3.05) is 0 Å². The number of halogens is 3. The molecule has 0 heterocycles. The minimum Gasteiger partial charge on any atom is -0.415 e. The van der Waals surface area contributed by atoms with E-state index in [1.165, 1.54) is 24.3 Å². The van der Waals surface area contributed by atoms with E-state index in [-0.39, 0.29) is 10.5 Å². The van der Waals surface area contributed by atoms with Crippen LogP contribution in [0.15, 0.2) is 47.4 Å². The molecule has 0 saturated carbocycles. The van der Waals surface area contributed by atoms with Gasteiger partial charge >= 0.3 is 11.7 Å². The van der Waals surface area contributed by atoms with E-state index in [9.17, 15) is 28.1 Å². The predicted octanol–water partition coefficient (Wildman–Crippen LogP) is 4.27. The van der Waals surface area contributed by atoms with Crippen molar-refractivity contribution in [2.24, 2.45) is 0 Å². The van der Waals surface area contributed by atoms with Crippen LogP contribution < -0.4 is 4.74 Å². The summed E-state index contributed by atoms with van der Waals surface area (Å²) in [6, 6.07) is 7.50. The lowest BCUT2D eigenvalue weighted by molar-refractivity contribution is -0.385. The maximum absolute atomic E-state index is 13.2. The topological polar surface area (TPSA) is 69.4 Å². The Morgan fingerprint density at radius 3 is 2.39 bits per heavy atom. The molecule has 0 unspecified atom stereocenters. The van der Waals surface area contributed by atoms with E-state index in [2.05, 4.69) is 0 Å². The third-order valence-electron chi connectivity index (χ3n) is 2.64. The van der Waals surface area contributed by atoms with E-state index < -0.39 is 33.9 Å². The third kappa shape index (κ3) is 4.46. The van der Waals surface area contributed by atoms with Crippen molar-refractivity contribution >= 4 is 23.4 Å². The van der Waals surface area contributed by atoms with Crippen LogP contribution in [0.25, 0.3) is 0 Å². The molecule has 0 saturated heterocycles. The second-order valence-corrected chi connectivity index (χ2v) is 5.23. The zero-order valence-corrected chi connectivity index (χ0v) is 12.1. The molecule has 9 heteroatoms. The smallest absolute Gasteiger partial charge is 0.343 e. The summed E-state index contributed by atoms with van der Waals surface area (Å²) >= 11 is 0.307. The van der Waals surface area contributed by atoms with Crippen molar-refractivity contribution in [1.82, 2.24) is 0 Å². The largest absolute Gasteiger partial charge is 0.415 e. The van der Waals surface area contributed by atoms with Gasteiger partial charge in [-0.15, -0.1) is 0 Å². The first-order valence-corrected chi connectivity index (χ1v) is 6.96. The van der Waals surface area contributed by atoms with Crippen LogP contribution in [0.5, 0.6) is 5.75 Å². The molecule has 2 aromatic carbocycles. The van der Waals surface area contributed by atoms with Gasteiger partial charge in [0.05, 0.1) is 10.5 Å². The fourth-order valence-corrected chi connectivity index (χ4v) is 2.15. The Morgan fingerprint density at radius 1 is 1.17 bits per heavy atom. The second kappa shape index (κ2) is 7.14. The number of carbonyl (C=O) groups excluding carboxylic acids is 1. The first-order valence-electron chi connectivity index (χ1n) is 6.08. The van der Waals surface area contributed by atoms with E-state index in [0.29, 0.717) is 11.8 Å². The Kier molecular flexibility index (Phi) is 5.22. The van der Waals surface area contributed by atoms with Gasteiger partial charge < -0.3 is 4.74 Å². The highest BCUT2D eigenvalue weighted by Crippen LogP contribution is 2.29. The number of thioether (sulfide) groups is 1. The average Bonchev–Trinajstić information content (AvgIpc) is 2.47. The number of hydrogen-bond acceptors (Lipinski definition) is 5. The van der Waals surface area contributed by atoms with Crippen LogP contribution in [0.4, 0.5) is 18.9 Å². The van der Waals surface area contributed by atoms with Gasteiger partial charge in [-0.05, 0) is 30.3 Å². The number of nitro benzene ring substituents is 1. The summed E-state index contributed by atoms with van der Waals surface area (Å²) in [6.45, 7) is 0. The monoisotopic (exact) mass is 343 g/mol. The van der Waals surface area contributed by atoms with Crippen LogP contribution in [0.2, 0.25) is 0 Å². The van der Waals surface area contributed by atoms with E-state index in [0.717, 1.165) is 18.2 Å². The molecule has 0 amide bonds. The summed E-state index contributed by atoms with van der Waals surface area (Å²) in [4.78, 5) is 22.2. The van der Waals surface area contributed by atoms with E-state index >= 15 is 0 Å². The van der Waals surface area contributed by atoms with Crippen LogP contribution >= 0.6 is 11.8 Å². The van der Waals surface area contributed by atoms with Gasteiger partial charge in [-0.2, -0.15) is 8.78 Å². The molecular weight excluding hydrogens is 335 g/mol. The van der Waals surface area contributed by atoms with Crippen molar-refractivity contribution in [2.45, 2.75) is 10.7 Å². The highest BCUT2D eigenvalue weighted by atomic mass is 32.2. The summed E-state index contributed by atoms with van der Waals surface area (Å²) in [5.41, 5.74) is -0.577. The van der Waals surface area contributed by atoms with Gasteiger partial charge in [0.2, 0.25) is 5.75 Å². The van der Waals surface area contributed by atoms with Gasteiger partial charge in [0.1, 0.15) is 5.82 Å². The van der Waals surface area contributed by atoms with Crippen LogP contribution in [0.3, 0.4) is 0 Å². The summed E-state index contributed by atoms with van der Waals surface area (Å²) in [5, 5.41) is 10.8. The minimum atomic E-state index is -2.59. The predicted molar refractivity (Wildman–Crippen MR) is 76.3 cm³/mol. The molecule has 5 nitrogen and oxygen atoms in total. The summed E-state index contributed by atoms with van der Waals surface area (Å²) < 4.78 is 42.4. The zero-order valence-electron chi connectivity index (χ0n) is 11.2. The maximum Gasteiger partial charge on any atom is 0.343 e. The molecule has 0 radical (unpaired) electrons. The fourth-order valence-electron chi connectivity index (χ4n) is 1.65. The standard InChI is InChI=1S/C14H8F3NO4S/c15-9-3-6-11(18(20)21)12(7-9)22-13(19)8-1-4-10(5-2-8)23-14(16)17/h1-7,14H. The Labute approximate surface area is 132 Å². The Bertz CT molecular complexity index is 737. The van der Waals surface area contributed by atoms with E-state index in [4.69, 9.17) is 4.74 Å². The van der Waals surface area contributed by atoms with Gasteiger partial charge in [0, 0.05) is 17.0 Å². The normalized spacial score (nSPS) is 10.6. The second-order valence-electron chi connectivity index (χ2n) is 4.16. The van der Waals surface area contributed by atoms with Gasteiger partial charge in [-0.3, -0.25) is 10.1 Å². The number of alkyl halides is 2. The van der Waals surface area contributed by atoms with Crippen LogP contribution in [0, 0.1) is 15.9 Å². The number of hydrogen-bond donors (Lipinski definition) is 0. The molecule has 120 valence electrons. The molecule has 0 bridgehead atoms. The molecule has 0 fully saturated rings. The van der Waals surface area contributed by atoms with Crippen molar-refractivity contribution in [3.05, 3.63) is 64.0 Å². The lowest BCUT2D eigenvalue weighted by atomic mass is 10.2. The number of rotatable bonds is 5. The molecule has 0 aliphatic heterocycles. The number of ether oxygens (including phenoxy) is 1. The lowest BCUT2D eigenvalue weighted by Crippen LogP contribution is -2.10. The maximum atomic E-state index is 13.2. The Balaban J connectivity index is 2.19. The molecule has 0 aromatic heterocycles. The number of esters is 1. The molecule has 2 aromatic rings. The third-order valence-corrected chi connectivity index (χ3v) is 3.36. The molecular formula is C14H8F3NO4S. The summed E-state index contributed by atoms with van der Waals surface area (Å²) in [5.74, 6) is -4.90. The van der Waals surface area contributed by atoms with Crippen molar-refractivity contribution in [3.63, 3.8) is 0 Å². The van der Waals surface area contributed by atoms with Gasteiger partial charge in [0.15, 0.2) is 0 Å². The van der Waals surface area contributed by atoms with Gasteiger partial charge in [-0.1, -0.05) is 11.8 Å². The number of benzene rings is 2. The zero-order chi connectivity index (χ0) is 17.0. The summed E-state index contributed by atoms with van der Waals surface area (Å²) in [6.07, 6.45) is 0. The van der Waals surface area contributed by atoms with Crippen LogP contribution in [-0.2, 0) is 0 Å². The van der Waals surface area contributed by atoms with Gasteiger partial charge in [-0.25, -0.2) is 9.18 Å². The minimum absolute atomic E-state index is 0.0119. The molecule has 0 atom stereocenters. The lowest BCUT2D eigenvalue weighted by Gasteiger charge is -2.06. The van der Waals surface area contributed by atoms with Crippen LogP contribution in [0.1, 0.15) is 10.4 Å². The van der Waals surface area contributed by atoms with E-state index in [1.807, 2.05) is 0 Å². The number of nitrogens with zero attached hydrogens (tertiary/aromatic N) is 1. The number of carbonyl (C=O) groups is 1. The van der Waals surface area contributed by atoms with Crippen molar-refractivity contribution in [3.8, 4) is 5.75 Å². The van der Waals surface area contributed by atoms with Gasteiger partial charge in [0.25, 0.3) is 5.76 Å². The number of nitro groups is 1. The molecule has 0 aliphatic rings. The highest BCUT2D eigenvalue weighted by Gasteiger charge is 2.20. The quantitative estimate of drug-likeness (QED) is 0.267. The first kappa shape index (κ1) is 16.8. The molecule has 23 heavy (non-hydrogen) atoms. The highest BCUT2D eigenvalue weighted by molar-refractivity contribution is 7.99. The average molecular weight is 343 g/mol. The SMILES string of the molecule is O=C(Oc1cc(F)ccc1[N+](=O)[O-])c1ccc(SC(F)F)cc1. The van der Waals surface area contributed by atoms with Crippen LogP contribution in [-0.4, -0.2) is 16.7 Å². The molecule has 0 N–H and O–H groups in total. The van der Waals surface area contributed by atoms with Crippen molar-refractivity contribution < 1.29 is 27.6 Å². The first-order chi connectivity index (χ1) is 10.9. The fraction of sp³-hybridized carbons (Fsp3) is 0.0714. The molecule has 0 spiro atoms. The summed E-state index contributed by atoms with van der Waals surface area (Å²) in [7, 11) is 0. The Hall–Kier alpha value is -2.55. The molecule has 2 rings (SSSR count). The molecule has 0 aliphatic carbocycles. The van der Waals surface area contributed by atoms with Crippen molar-refractivity contribution in [1.29, 1.82) is 0 Å².